The second-order valence-electron chi connectivity index (χ2n) is 30.7. The monoisotopic (exact) mass is 1560 g/mol. The molecule has 5 aromatic rings. The minimum absolute atomic E-state index is 0.0112. The lowest BCUT2D eigenvalue weighted by molar-refractivity contribution is -0.160. The fourth-order valence-electron chi connectivity index (χ4n) is 15.6. The number of nitrogens with one attached hydrogen (secondary N) is 5. The van der Waals surface area contributed by atoms with Gasteiger partial charge in [-0.15, -0.1) is 0 Å². The van der Waals surface area contributed by atoms with Crippen LogP contribution in [0.2, 0.25) is 0 Å². The molecule has 608 valence electrons. The zero-order valence-corrected chi connectivity index (χ0v) is 65.6. The van der Waals surface area contributed by atoms with Crippen molar-refractivity contribution in [3.05, 3.63) is 121 Å². The van der Waals surface area contributed by atoms with Crippen molar-refractivity contribution in [3.8, 4) is 11.5 Å². The van der Waals surface area contributed by atoms with Gasteiger partial charge < -0.3 is 90.6 Å². The molecular weight excluding hydrogens is 1460 g/mol. The summed E-state index contributed by atoms with van der Waals surface area (Å²) in [6.45, 7) is 18.3. The summed E-state index contributed by atoms with van der Waals surface area (Å²) in [6, 6.07) is 6.91. The lowest BCUT2D eigenvalue weighted by Gasteiger charge is -2.40. The molecule has 0 radical (unpaired) electrons. The number of unbranched alkanes of at least 4 members (excludes halogenated alkanes) is 2. The molecule has 0 saturated carbocycles. The average molecular weight is 1570 g/mol. The Hall–Kier alpha value is -10.9. The smallest absolute Gasteiger partial charge is 0.410 e. The Labute approximate surface area is 653 Å². The number of phenols is 1. The Morgan fingerprint density at radius 3 is 2.12 bits per heavy atom. The first-order valence-electron chi connectivity index (χ1n) is 38.6. The summed E-state index contributed by atoms with van der Waals surface area (Å²) in [4.78, 5) is 156. The minimum atomic E-state index is -2.05. The molecular formula is C82H104N10O21. The summed E-state index contributed by atoms with van der Waals surface area (Å²) >= 11 is 0. The quantitative estimate of drug-likeness (QED) is 0.0107. The normalized spacial score (nSPS) is 24.3. The summed E-state index contributed by atoms with van der Waals surface area (Å²) in [5, 5.41) is 60.7. The highest BCUT2D eigenvalue weighted by Gasteiger charge is 2.45. The van der Waals surface area contributed by atoms with Crippen molar-refractivity contribution in [2.45, 2.75) is 182 Å². The number of primary amides is 1. The number of anilines is 3. The van der Waals surface area contributed by atoms with E-state index < -0.39 is 130 Å². The molecule has 2 saturated heterocycles. The molecule has 31 heteroatoms. The number of nitrogens with zero attached hydrogens (tertiary/aromatic N) is 4. The number of carbonyl (C=O) groups is 9. The SMILES string of the molecule is CO[C@H]1/C=C/O[C@@]2(C)Oc3c(C)c(O)c4c(=O)c(c5oc6cc(N7CCC(C8CCN(C(=O)OCc9ccc(NC(=O)[C@H](CCCNC(N)=O)NC(=O)[C@@H](NC(=O)CCCCCN%10C(=O)C=CC%10=O)C(C)C)cc9)CC8)CC7)cc(=O)c6nc5c4c3=C2O)NC(=O)/C(C)=C\C=C\[C@H](C)[C@H](O)[C@@H](C)[C@@H](O)[C@@H](C)[C@H](OC(C)=O)[C@@H]1C. The molecule has 5 aliphatic rings. The number of aliphatic hydroxyl groups is 3. The van der Waals surface area contributed by atoms with Crippen LogP contribution in [0.25, 0.3) is 38.7 Å². The molecule has 6 heterocycles. The number of ether oxygens (including phenoxy) is 5. The molecule has 10 rings (SSSR count). The number of imide groups is 1. The van der Waals surface area contributed by atoms with Crippen molar-refractivity contribution in [2.75, 3.05) is 61.9 Å². The van der Waals surface area contributed by atoms with Gasteiger partial charge in [0.1, 0.15) is 47.5 Å². The van der Waals surface area contributed by atoms with Crippen LogP contribution in [0.15, 0.2) is 98.7 Å². The number of carbonyl (C=O) groups excluding carboxylic acids is 9. The van der Waals surface area contributed by atoms with Crippen LogP contribution < -0.4 is 58.0 Å². The van der Waals surface area contributed by atoms with Crippen molar-refractivity contribution in [1.29, 1.82) is 0 Å². The Morgan fingerprint density at radius 1 is 0.805 bits per heavy atom. The van der Waals surface area contributed by atoms with Crippen LogP contribution in [0.5, 0.6) is 11.5 Å². The highest BCUT2D eigenvalue weighted by molar-refractivity contribution is 6.17. The van der Waals surface area contributed by atoms with Gasteiger partial charge in [0.25, 0.3) is 17.7 Å². The van der Waals surface area contributed by atoms with E-state index >= 15 is 4.79 Å². The summed E-state index contributed by atoms with van der Waals surface area (Å²) in [6.07, 6.45) is 10.2. The van der Waals surface area contributed by atoms with Crippen molar-refractivity contribution in [1.82, 2.24) is 30.7 Å². The number of hydrogen-bond donors (Lipinski definition) is 10. The van der Waals surface area contributed by atoms with E-state index in [4.69, 9.17) is 38.8 Å². The number of methoxy groups -OCH3 is 1. The molecule has 2 fully saturated rings. The van der Waals surface area contributed by atoms with Gasteiger partial charge in [-0.25, -0.2) is 14.6 Å². The Kier molecular flexibility index (Phi) is 27.5. The summed E-state index contributed by atoms with van der Waals surface area (Å²) in [7, 11) is 1.43. The molecule has 113 heavy (non-hydrogen) atoms. The second-order valence-corrected chi connectivity index (χ2v) is 30.7. The van der Waals surface area contributed by atoms with Gasteiger partial charge in [0.2, 0.25) is 28.6 Å². The third-order valence-electron chi connectivity index (χ3n) is 22.4. The fourth-order valence-corrected chi connectivity index (χ4v) is 15.6. The van der Waals surface area contributed by atoms with Crippen LogP contribution in [0.3, 0.4) is 0 Å². The van der Waals surface area contributed by atoms with Crippen LogP contribution in [-0.2, 0) is 59.1 Å². The molecule has 31 nitrogen and oxygen atoms in total. The van der Waals surface area contributed by atoms with Crippen LogP contribution in [0.1, 0.15) is 138 Å². The Bertz CT molecular complexity index is 4750. The van der Waals surface area contributed by atoms with Gasteiger partial charge in [-0.1, -0.05) is 78.3 Å². The maximum atomic E-state index is 15.2. The number of aromatic nitrogens is 1. The second kappa shape index (κ2) is 36.7. The first kappa shape index (κ1) is 84.5. The molecule has 0 unspecified atom stereocenters. The van der Waals surface area contributed by atoms with Gasteiger partial charge in [0.15, 0.2) is 22.4 Å². The number of esters is 1. The van der Waals surface area contributed by atoms with E-state index in [1.54, 1.807) is 88.9 Å². The number of piperidine rings is 2. The number of aliphatic hydroxyl groups excluding tert-OH is 3. The highest BCUT2D eigenvalue weighted by Crippen LogP contribution is 2.43. The molecule has 11 atom stereocenters. The lowest BCUT2D eigenvalue weighted by atomic mass is 9.78. The molecule has 0 spiro atoms. The number of aromatic hydroxyl groups is 1. The zero-order valence-electron chi connectivity index (χ0n) is 65.6. The number of phenolic OH excluding ortho intramolecular Hbond substituents is 1. The average Bonchev–Trinajstić information content (AvgIpc) is 1.65. The zero-order chi connectivity index (χ0) is 82.0. The molecule has 4 bridgehead atoms. The predicted molar refractivity (Wildman–Crippen MR) is 419 cm³/mol. The number of amides is 9. The van der Waals surface area contributed by atoms with Gasteiger partial charge in [-0.05, 0) is 107 Å². The van der Waals surface area contributed by atoms with Crippen LogP contribution in [-0.4, -0.2) is 177 Å². The molecule has 9 amide bonds. The fraction of sp³-hybridized carbons (Fsp3) is 0.512. The maximum Gasteiger partial charge on any atom is 0.410 e. The number of urea groups is 1. The van der Waals surface area contributed by atoms with Crippen molar-refractivity contribution >= 4 is 109 Å². The first-order chi connectivity index (χ1) is 53.7. The van der Waals surface area contributed by atoms with E-state index in [1.807, 2.05) is 0 Å². The van der Waals surface area contributed by atoms with E-state index in [2.05, 4.69) is 31.5 Å². The number of likely N-dealkylation sites (tertiary alicyclic amines) is 1. The molecule has 0 aliphatic carbocycles. The topological polar surface area (TPSA) is 437 Å². The van der Waals surface area contributed by atoms with Crippen LogP contribution in [0, 0.1) is 48.3 Å². The first-order valence-corrected chi connectivity index (χ1v) is 38.6. The molecule has 1 aromatic heterocycles. The number of rotatable bonds is 22. The van der Waals surface area contributed by atoms with Crippen molar-refractivity contribution in [2.24, 2.45) is 47.2 Å². The van der Waals surface area contributed by atoms with Gasteiger partial charge in [-0.3, -0.25) is 48.1 Å². The minimum Gasteiger partial charge on any atom is -0.507 e. The summed E-state index contributed by atoms with van der Waals surface area (Å²) < 4.78 is 36.6. The lowest BCUT2D eigenvalue weighted by Crippen LogP contribution is -2.54. The van der Waals surface area contributed by atoms with Gasteiger partial charge in [0.05, 0.1) is 35.2 Å². The number of allylic oxidation sites excluding steroid dienone is 2. The van der Waals surface area contributed by atoms with E-state index in [9.17, 15) is 68.4 Å². The van der Waals surface area contributed by atoms with E-state index in [-0.39, 0.29) is 130 Å². The van der Waals surface area contributed by atoms with Gasteiger partial charge >= 0.3 is 23.9 Å². The third kappa shape index (κ3) is 19.4. The standard InChI is InChI=1S/C82H104N10O21/c1-42(2)65(87-59(95)20-13-12-14-33-92-60(96)25-26-61(92)97)79(105)86-55(19-16-32-84-80(83)106)78(104)85-53-23-21-50(22-24-53)41-109-81(107)91-36-29-52(30-37-91)51-27-34-90(35-28-51)54-39-56(94)66-58(40-54)112-75-67(88-66)62-63-71(100)48(8)74-64(62)76(102)82(10,113-74)110-38-31-57(108-11)45(5)73(111-49(9)93)47(7)70(99)46(6)69(98)43(3)17-15-18-44(4)77(103)89-68(75)72(63)101/h15,17-18,21-26,31,38-40,42-43,45-47,51-52,55,57,65,69-70,73,98-100,102H,12-14,16,19-20,27-30,32-37,41H2,1-11H3,(H,85,104)(H,86,105)(H,87,95)(H,89,103)(H3,83,84,106)/b17-15+,38-31+,44-18-/t43-,45+,46+,47+,55-,57-,65-,69-,70+,73+,82-/m0/s1. The maximum absolute atomic E-state index is 15.2. The number of benzene rings is 4. The van der Waals surface area contributed by atoms with Crippen molar-refractivity contribution < 1.29 is 91.7 Å². The Balaban J connectivity index is 0.794. The van der Waals surface area contributed by atoms with Gasteiger partial charge in [-0.2, -0.15) is 0 Å². The predicted octanol–water partition coefficient (Wildman–Crippen LogP) is 7.32. The van der Waals surface area contributed by atoms with Crippen molar-refractivity contribution in [3.63, 3.8) is 0 Å². The number of nitrogens with two attached hydrogens (primary N) is 1. The molecule has 4 aromatic carbocycles. The van der Waals surface area contributed by atoms with E-state index in [0.29, 0.717) is 62.4 Å². The molecule has 11 N–H and O–H groups in total. The van der Waals surface area contributed by atoms with E-state index in [1.165, 1.54) is 71.4 Å². The van der Waals surface area contributed by atoms with E-state index in [0.717, 1.165) is 30.6 Å². The van der Waals surface area contributed by atoms with Crippen LogP contribution in [0.4, 0.5) is 26.7 Å². The Morgan fingerprint density at radius 2 is 1.48 bits per heavy atom. The molecule has 5 aliphatic heterocycles. The third-order valence-corrected chi connectivity index (χ3v) is 22.4. The number of fused-ring (bicyclic) bond motifs is 2. The van der Waals surface area contributed by atoms with Gasteiger partial charge in [0, 0.05) is 143 Å². The highest BCUT2D eigenvalue weighted by atomic mass is 16.7. The number of hydrogen-bond acceptors (Lipinski definition) is 23. The summed E-state index contributed by atoms with van der Waals surface area (Å²) in [5.41, 5.74) is 4.29. The summed E-state index contributed by atoms with van der Waals surface area (Å²) in [5.74, 6) is -9.48. The largest absolute Gasteiger partial charge is 0.507 e. The van der Waals surface area contributed by atoms with Crippen LogP contribution >= 0.6 is 0 Å².